The molecule has 1 N–H and O–H groups in total. The zero-order valence-corrected chi connectivity index (χ0v) is 21.1. The maximum atomic E-state index is 11.7. The molecule has 1 saturated heterocycles. The normalized spacial score (nSPS) is 17.6. The van der Waals surface area contributed by atoms with Crippen LogP contribution in [0.2, 0.25) is 0 Å². The number of para-hydroxylation sites is 1. The number of rotatable bonds is 8. The summed E-state index contributed by atoms with van der Waals surface area (Å²) in [5.41, 5.74) is 7.06. The number of carbonyl (C=O) groups excluding carboxylic acids is 1. The summed E-state index contributed by atoms with van der Waals surface area (Å²) in [6, 6.07) is 16.7. The highest BCUT2D eigenvalue weighted by molar-refractivity contribution is 7.80. The highest BCUT2D eigenvalue weighted by Gasteiger charge is 2.41. The molecular formula is C27H32N4O2S. The Kier molecular flexibility index (Phi) is 7.32. The summed E-state index contributed by atoms with van der Waals surface area (Å²) < 4.78 is 7.18. The minimum Gasteiger partial charge on any atom is -0.469 e. The fourth-order valence-electron chi connectivity index (χ4n) is 4.97. The summed E-state index contributed by atoms with van der Waals surface area (Å²) in [4.78, 5) is 18.6. The average Bonchev–Trinajstić information content (AvgIpc) is 3.34. The molecule has 1 aliphatic rings. The molecule has 2 atom stereocenters. The van der Waals surface area contributed by atoms with Gasteiger partial charge < -0.3 is 19.5 Å². The number of ether oxygens (including phenoxy) is 1. The molecule has 4 rings (SSSR count). The minimum atomic E-state index is -0.203. The second kappa shape index (κ2) is 10.4. The van der Waals surface area contributed by atoms with Crippen LogP contribution in [0.3, 0.4) is 0 Å². The number of nitrogens with zero attached hydrogens (tertiary/aromatic N) is 3. The lowest BCUT2D eigenvalue weighted by molar-refractivity contribution is -0.140. The molecule has 3 heterocycles. The van der Waals surface area contributed by atoms with Crippen LogP contribution in [-0.2, 0) is 16.0 Å². The van der Waals surface area contributed by atoms with Gasteiger partial charge in [-0.3, -0.25) is 9.78 Å². The molecule has 6 nitrogen and oxygen atoms in total. The second-order valence-electron chi connectivity index (χ2n) is 8.64. The summed E-state index contributed by atoms with van der Waals surface area (Å²) in [6.45, 7) is 7.18. The van der Waals surface area contributed by atoms with Crippen molar-refractivity contribution in [2.24, 2.45) is 0 Å². The lowest BCUT2D eigenvalue weighted by Gasteiger charge is -2.28. The lowest BCUT2D eigenvalue weighted by Crippen LogP contribution is -2.31. The molecule has 0 aliphatic carbocycles. The van der Waals surface area contributed by atoms with Crippen LogP contribution >= 0.6 is 12.2 Å². The number of hydrogen-bond acceptors (Lipinski definition) is 4. The third-order valence-corrected chi connectivity index (χ3v) is 6.96. The average molecular weight is 477 g/mol. The molecule has 2 aromatic heterocycles. The number of aromatic nitrogens is 2. The third kappa shape index (κ3) is 4.57. The van der Waals surface area contributed by atoms with Gasteiger partial charge in [0.15, 0.2) is 5.11 Å². The van der Waals surface area contributed by atoms with Gasteiger partial charge in [0, 0.05) is 36.2 Å². The van der Waals surface area contributed by atoms with E-state index in [9.17, 15) is 4.79 Å². The van der Waals surface area contributed by atoms with Crippen LogP contribution < -0.4 is 5.32 Å². The molecule has 0 saturated carbocycles. The highest BCUT2D eigenvalue weighted by atomic mass is 32.1. The van der Waals surface area contributed by atoms with Crippen molar-refractivity contribution in [3.05, 3.63) is 82.9 Å². The molecule has 0 spiro atoms. The van der Waals surface area contributed by atoms with Crippen molar-refractivity contribution in [2.75, 3.05) is 13.7 Å². The SMILES string of the molecule is CCc1ccccc1-n1c(C)cc(C2C(c3ccccn3)NC(=S)N2CCCC(=O)OC)c1C. The Morgan fingerprint density at radius 2 is 1.94 bits per heavy atom. The molecule has 1 aromatic carbocycles. The van der Waals surface area contributed by atoms with Gasteiger partial charge in [0.25, 0.3) is 0 Å². The Morgan fingerprint density at radius 3 is 2.65 bits per heavy atom. The van der Waals surface area contributed by atoms with Crippen LogP contribution in [0.4, 0.5) is 0 Å². The van der Waals surface area contributed by atoms with Crippen molar-refractivity contribution in [2.45, 2.75) is 52.1 Å². The van der Waals surface area contributed by atoms with E-state index in [-0.39, 0.29) is 18.1 Å². The number of pyridine rings is 1. The lowest BCUT2D eigenvalue weighted by atomic mass is 9.96. The molecule has 0 bridgehead atoms. The second-order valence-corrected chi connectivity index (χ2v) is 9.03. The summed E-state index contributed by atoms with van der Waals surface area (Å²) in [5.74, 6) is -0.203. The maximum Gasteiger partial charge on any atom is 0.305 e. The van der Waals surface area contributed by atoms with Gasteiger partial charge >= 0.3 is 5.97 Å². The first-order valence-electron chi connectivity index (χ1n) is 11.8. The first-order chi connectivity index (χ1) is 16.5. The summed E-state index contributed by atoms with van der Waals surface area (Å²) in [7, 11) is 1.42. The number of hydrogen-bond donors (Lipinski definition) is 1. The standard InChI is InChI=1S/C27H32N4O2S/c1-5-20-11-6-7-13-23(20)31-18(2)17-21(19(31)3)26-25(22-12-8-9-15-28-22)29-27(34)30(26)16-10-14-24(32)33-4/h6-9,11-13,15,17,25-26H,5,10,14,16H2,1-4H3,(H,29,34). The van der Waals surface area contributed by atoms with E-state index in [1.54, 1.807) is 0 Å². The Hall–Kier alpha value is -3.19. The van der Waals surface area contributed by atoms with Crippen LogP contribution in [0.25, 0.3) is 5.69 Å². The summed E-state index contributed by atoms with van der Waals surface area (Å²) >= 11 is 5.78. The first-order valence-corrected chi connectivity index (χ1v) is 12.2. The van der Waals surface area contributed by atoms with Crippen molar-refractivity contribution < 1.29 is 9.53 Å². The molecule has 34 heavy (non-hydrogen) atoms. The number of thiocarbonyl (C=S) groups is 1. The molecule has 2 unspecified atom stereocenters. The predicted molar refractivity (Wildman–Crippen MR) is 138 cm³/mol. The topological polar surface area (TPSA) is 59.4 Å². The predicted octanol–water partition coefficient (Wildman–Crippen LogP) is 4.98. The molecule has 0 radical (unpaired) electrons. The largest absolute Gasteiger partial charge is 0.469 e. The van der Waals surface area contributed by atoms with E-state index in [0.29, 0.717) is 24.5 Å². The number of esters is 1. The van der Waals surface area contributed by atoms with Gasteiger partial charge in [-0.1, -0.05) is 31.2 Å². The Labute approximate surface area is 207 Å². The first kappa shape index (κ1) is 24.0. The maximum absolute atomic E-state index is 11.7. The molecule has 178 valence electrons. The molecule has 0 amide bonds. The van der Waals surface area contributed by atoms with Gasteiger partial charge in [-0.15, -0.1) is 0 Å². The van der Waals surface area contributed by atoms with Gasteiger partial charge in [0.1, 0.15) is 0 Å². The number of aryl methyl sites for hydroxylation is 2. The fraction of sp³-hybridized carbons (Fsp3) is 0.370. The van der Waals surface area contributed by atoms with Gasteiger partial charge in [-0.2, -0.15) is 0 Å². The quantitative estimate of drug-likeness (QED) is 0.366. The fourth-order valence-corrected chi connectivity index (χ4v) is 5.30. The summed E-state index contributed by atoms with van der Waals surface area (Å²) in [6.07, 6.45) is 3.81. The van der Waals surface area contributed by atoms with Crippen LogP contribution in [0, 0.1) is 13.8 Å². The molecule has 3 aromatic rings. The zero-order chi connectivity index (χ0) is 24.2. The number of benzene rings is 1. The smallest absolute Gasteiger partial charge is 0.305 e. The van der Waals surface area contributed by atoms with Crippen LogP contribution in [0.15, 0.2) is 54.7 Å². The van der Waals surface area contributed by atoms with Crippen LogP contribution in [0.1, 0.15) is 60.1 Å². The van der Waals surface area contributed by atoms with E-state index in [0.717, 1.165) is 12.1 Å². The van der Waals surface area contributed by atoms with Crippen molar-refractivity contribution >= 4 is 23.3 Å². The number of carbonyl (C=O) groups is 1. The van der Waals surface area contributed by atoms with E-state index in [2.05, 4.69) is 70.9 Å². The Morgan fingerprint density at radius 1 is 1.18 bits per heavy atom. The van der Waals surface area contributed by atoms with E-state index < -0.39 is 0 Å². The van der Waals surface area contributed by atoms with E-state index in [4.69, 9.17) is 17.0 Å². The van der Waals surface area contributed by atoms with Gasteiger partial charge in [-0.05, 0) is 74.3 Å². The number of nitrogens with one attached hydrogen (secondary N) is 1. The highest BCUT2D eigenvalue weighted by Crippen LogP contribution is 2.41. The van der Waals surface area contributed by atoms with E-state index >= 15 is 0 Å². The molecular weight excluding hydrogens is 444 g/mol. The van der Waals surface area contributed by atoms with Crippen molar-refractivity contribution in [3.63, 3.8) is 0 Å². The monoisotopic (exact) mass is 476 g/mol. The van der Waals surface area contributed by atoms with Gasteiger partial charge in [-0.25, -0.2) is 0 Å². The van der Waals surface area contributed by atoms with E-state index in [1.165, 1.54) is 35.3 Å². The van der Waals surface area contributed by atoms with Gasteiger partial charge in [0.2, 0.25) is 0 Å². The molecule has 1 fully saturated rings. The zero-order valence-electron chi connectivity index (χ0n) is 20.2. The molecule has 7 heteroatoms. The van der Waals surface area contributed by atoms with Crippen molar-refractivity contribution in [1.29, 1.82) is 0 Å². The Bertz CT molecular complexity index is 1170. The summed E-state index contributed by atoms with van der Waals surface area (Å²) in [5, 5.41) is 4.19. The van der Waals surface area contributed by atoms with E-state index in [1.807, 2.05) is 24.4 Å². The van der Waals surface area contributed by atoms with Crippen molar-refractivity contribution in [1.82, 2.24) is 19.8 Å². The molecule has 1 aliphatic heterocycles. The number of methoxy groups -OCH3 is 1. The Balaban J connectivity index is 1.77. The van der Waals surface area contributed by atoms with Crippen molar-refractivity contribution in [3.8, 4) is 5.69 Å². The van der Waals surface area contributed by atoms with Crippen LogP contribution in [0.5, 0.6) is 0 Å². The minimum absolute atomic E-state index is 0.0335. The third-order valence-electron chi connectivity index (χ3n) is 6.61. The van der Waals surface area contributed by atoms with Crippen LogP contribution in [-0.4, -0.2) is 39.2 Å². The van der Waals surface area contributed by atoms with Gasteiger partial charge in [0.05, 0.1) is 24.9 Å².